The van der Waals surface area contributed by atoms with Crippen LogP contribution in [-0.2, 0) is 6.54 Å². The summed E-state index contributed by atoms with van der Waals surface area (Å²) < 4.78 is 5.71. The van der Waals surface area contributed by atoms with E-state index in [1.165, 1.54) is 0 Å². The number of hydrogen-bond acceptors (Lipinski definition) is 4. The van der Waals surface area contributed by atoms with Crippen LogP contribution in [0.4, 0.5) is 0 Å². The second-order valence-corrected chi connectivity index (χ2v) is 5.57. The van der Waals surface area contributed by atoms with E-state index in [1.54, 1.807) is 0 Å². The minimum atomic E-state index is 0.337. The molecule has 0 unspecified atom stereocenters. The molecule has 108 valence electrons. The summed E-state index contributed by atoms with van der Waals surface area (Å²) in [5, 5.41) is 3.41. The summed E-state index contributed by atoms with van der Waals surface area (Å²) >= 11 is 0. The average molecular weight is 265 g/mol. The summed E-state index contributed by atoms with van der Waals surface area (Å²) in [5.74, 6) is 2.66. The molecule has 0 aliphatic heterocycles. The first-order valence-electron chi connectivity index (χ1n) is 7.23. The predicted octanol–water partition coefficient (Wildman–Crippen LogP) is 3.13. The highest BCUT2D eigenvalue weighted by molar-refractivity contribution is 5.25. The van der Waals surface area contributed by atoms with E-state index in [0.717, 1.165) is 36.8 Å². The fourth-order valence-electron chi connectivity index (χ4n) is 1.64. The number of hydrogen-bond donors (Lipinski definition) is 1. The van der Waals surface area contributed by atoms with E-state index in [1.807, 2.05) is 6.20 Å². The van der Waals surface area contributed by atoms with Crippen LogP contribution in [0, 0.1) is 5.92 Å². The van der Waals surface area contributed by atoms with Crippen LogP contribution in [0.25, 0.3) is 0 Å². The molecule has 1 aromatic rings. The van der Waals surface area contributed by atoms with Crippen LogP contribution >= 0.6 is 0 Å². The van der Waals surface area contributed by atoms with Crippen LogP contribution in [0.5, 0.6) is 5.75 Å². The lowest BCUT2D eigenvalue weighted by atomic mass is 10.2. The van der Waals surface area contributed by atoms with E-state index >= 15 is 0 Å². The van der Waals surface area contributed by atoms with Gasteiger partial charge in [0.1, 0.15) is 5.82 Å². The van der Waals surface area contributed by atoms with E-state index in [-0.39, 0.29) is 0 Å². The maximum absolute atomic E-state index is 5.71. The third kappa shape index (κ3) is 5.55. The third-order valence-corrected chi connectivity index (χ3v) is 2.67. The number of ether oxygens (including phenoxy) is 1. The molecule has 1 rings (SSSR count). The van der Waals surface area contributed by atoms with E-state index < -0.39 is 0 Å². The van der Waals surface area contributed by atoms with Gasteiger partial charge in [0.2, 0.25) is 0 Å². The first kappa shape index (κ1) is 15.9. The Morgan fingerprint density at radius 3 is 2.58 bits per heavy atom. The Bertz CT molecular complexity index is 378. The highest BCUT2D eigenvalue weighted by atomic mass is 16.5. The maximum Gasteiger partial charge on any atom is 0.160 e. The zero-order chi connectivity index (χ0) is 14.3. The number of rotatable bonds is 8. The van der Waals surface area contributed by atoms with Gasteiger partial charge in [0.15, 0.2) is 5.75 Å². The Hall–Kier alpha value is -1.16. The van der Waals surface area contributed by atoms with Crippen LogP contribution in [-0.4, -0.2) is 23.1 Å². The molecule has 0 fully saturated rings. The van der Waals surface area contributed by atoms with Gasteiger partial charge < -0.3 is 10.1 Å². The van der Waals surface area contributed by atoms with Gasteiger partial charge >= 0.3 is 0 Å². The van der Waals surface area contributed by atoms with Crippen LogP contribution in [0.2, 0.25) is 0 Å². The van der Waals surface area contributed by atoms with Gasteiger partial charge in [0, 0.05) is 12.5 Å². The summed E-state index contributed by atoms with van der Waals surface area (Å²) in [6.45, 7) is 13.1. The molecule has 0 spiro atoms. The normalized spacial score (nSPS) is 11.3. The molecule has 0 bridgehead atoms. The molecule has 0 radical (unpaired) electrons. The molecule has 4 heteroatoms. The smallest absolute Gasteiger partial charge is 0.160 e. The third-order valence-electron chi connectivity index (χ3n) is 2.67. The Balaban J connectivity index is 2.78. The second-order valence-electron chi connectivity index (χ2n) is 5.57. The summed E-state index contributed by atoms with van der Waals surface area (Å²) in [6.07, 6.45) is 2.80. The summed E-state index contributed by atoms with van der Waals surface area (Å²) in [4.78, 5) is 8.99. The topological polar surface area (TPSA) is 47.0 Å². The van der Waals surface area contributed by atoms with Gasteiger partial charge in [-0.1, -0.05) is 34.6 Å². The van der Waals surface area contributed by atoms with Crippen molar-refractivity contribution in [1.82, 2.24) is 15.3 Å². The standard InChI is InChI=1S/C15H27N3O/c1-6-7-19-14-10-17-15(12(4)5)18-13(14)9-16-8-11(2)3/h10-12,16H,6-9H2,1-5H3. The van der Waals surface area contributed by atoms with Gasteiger partial charge in [0.25, 0.3) is 0 Å². The molecular weight excluding hydrogens is 238 g/mol. The zero-order valence-corrected chi connectivity index (χ0v) is 12.9. The molecule has 0 saturated carbocycles. The molecule has 19 heavy (non-hydrogen) atoms. The lowest BCUT2D eigenvalue weighted by Gasteiger charge is -2.14. The molecule has 1 heterocycles. The Labute approximate surface area is 117 Å². The van der Waals surface area contributed by atoms with E-state index in [0.29, 0.717) is 18.4 Å². The molecule has 0 aromatic carbocycles. The Morgan fingerprint density at radius 2 is 2.00 bits per heavy atom. The van der Waals surface area contributed by atoms with Crippen LogP contribution in [0.1, 0.15) is 58.5 Å². The van der Waals surface area contributed by atoms with Gasteiger partial charge in [-0.3, -0.25) is 0 Å². The first-order valence-corrected chi connectivity index (χ1v) is 7.23. The highest BCUT2D eigenvalue weighted by Gasteiger charge is 2.10. The van der Waals surface area contributed by atoms with Crippen molar-refractivity contribution in [2.45, 2.75) is 53.5 Å². The second kappa shape index (κ2) is 8.10. The van der Waals surface area contributed by atoms with Crippen molar-refractivity contribution < 1.29 is 4.74 Å². The van der Waals surface area contributed by atoms with Crippen molar-refractivity contribution in [3.8, 4) is 5.75 Å². The summed E-state index contributed by atoms with van der Waals surface area (Å²) in [5.41, 5.74) is 0.966. The van der Waals surface area contributed by atoms with Gasteiger partial charge in [-0.25, -0.2) is 9.97 Å². The van der Waals surface area contributed by atoms with Crippen LogP contribution in [0.15, 0.2) is 6.20 Å². The molecule has 0 atom stereocenters. The van der Waals surface area contributed by atoms with Gasteiger partial charge in [0.05, 0.1) is 18.5 Å². The molecule has 4 nitrogen and oxygen atoms in total. The number of nitrogens with zero attached hydrogens (tertiary/aromatic N) is 2. The first-order chi connectivity index (χ1) is 9.04. The zero-order valence-electron chi connectivity index (χ0n) is 12.9. The highest BCUT2D eigenvalue weighted by Crippen LogP contribution is 2.18. The molecule has 0 saturated heterocycles. The minimum Gasteiger partial charge on any atom is -0.490 e. The Morgan fingerprint density at radius 1 is 1.26 bits per heavy atom. The number of nitrogens with one attached hydrogen (secondary N) is 1. The van der Waals surface area contributed by atoms with Crippen molar-refractivity contribution >= 4 is 0 Å². The fourth-order valence-corrected chi connectivity index (χ4v) is 1.64. The average Bonchev–Trinajstić information content (AvgIpc) is 2.36. The quantitative estimate of drug-likeness (QED) is 0.784. The van der Waals surface area contributed by atoms with Crippen LogP contribution < -0.4 is 10.1 Å². The van der Waals surface area contributed by atoms with Gasteiger partial charge in [-0.15, -0.1) is 0 Å². The van der Waals surface area contributed by atoms with Crippen molar-refractivity contribution in [2.75, 3.05) is 13.2 Å². The molecule has 0 aliphatic rings. The fraction of sp³-hybridized carbons (Fsp3) is 0.733. The van der Waals surface area contributed by atoms with Gasteiger partial charge in [-0.05, 0) is 18.9 Å². The number of aromatic nitrogens is 2. The molecule has 0 amide bonds. The van der Waals surface area contributed by atoms with Crippen molar-refractivity contribution in [3.05, 3.63) is 17.7 Å². The van der Waals surface area contributed by atoms with Crippen LogP contribution in [0.3, 0.4) is 0 Å². The monoisotopic (exact) mass is 265 g/mol. The maximum atomic E-state index is 5.71. The Kier molecular flexibility index (Phi) is 6.78. The van der Waals surface area contributed by atoms with E-state index in [2.05, 4.69) is 49.9 Å². The molecular formula is C15H27N3O. The van der Waals surface area contributed by atoms with Crippen molar-refractivity contribution in [2.24, 2.45) is 5.92 Å². The SMILES string of the molecule is CCCOc1cnc(C(C)C)nc1CNCC(C)C. The van der Waals surface area contributed by atoms with Crippen molar-refractivity contribution in [1.29, 1.82) is 0 Å². The predicted molar refractivity (Wildman–Crippen MR) is 78.5 cm³/mol. The van der Waals surface area contributed by atoms with E-state index in [9.17, 15) is 0 Å². The summed E-state index contributed by atoms with van der Waals surface area (Å²) in [6, 6.07) is 0. The molecule has 1 N–H and O–H groups in total. The lowest BCUT2D eigenvalue weighted by Crippen LogP contribution is -2.21. The van der Waals surface area contributed by atoms with Gasteiger partial charge in [-0.2, -0.15) is 0 Å². The van der Waals surface area contributed by atoms with Crippen molar-refractivity contribution in [3.63, 3.8) is 0 Å². The summed E-state index contributed by atoms with van der Waals surface area (Å²) in [7, 11) is 0. The minimum absolute atomic E-state index is 0.337. The largest absolute Gasteiger partial charge is 0.490 e. The molecule has 1 aromatic heterocycles. The lowest BCUT2D eigenvalue weighted by molar-refractivity contribution is 0.309. The molecule has 0 aliphatic carbocycles. The van der Waals surface area contributed by atoms with E-state index in [4.69, 9.17) is 4.74 Å².